The van der Waals surface area contributed by atoms with Crippen LogP contribution in [0.15, 0.2) is 24.3 Å². The lowest BCUT2D eigenvalue weighted by Gasteiger charge is -2.48. The summed E-state index contributed by atoms with van der Waals surface area (Å²) in [6.07, 6.45) is 7.15. The van der Waals surface area contributed by atoms with E-state index in [0.717, 1.165) is 51.3 Å². The molecule has 3 rings (SSSR count). The van der Waals surface area contributed by atoms with Crippen molar-refractivity contribution in [3.63, 3.8) is 0 Å². The number of para-hydroxylation sites is 1. The van der Waals surface area contributed by atoms with Gasteiger partial charge in [-0.25, -0.2) is 0 Å². The number of amides is 1. The molecule has 1 aliphatic heterocycles. The van der Waals surface area contributed by atoms with E-state index >= 15 is 0 Å². The molecule has 0 aromatic heterocycles. The number of rotatable bonds is 8. The summed E-state index contributed by atoms with van der Waals surface area (Å²) in [6.45, 7) is 8.68. The molecule has 1 heterocycles. The van der Waals surface area contributed by atoms with Crippen molar-refractivity contribution in [3.05, 3.63) is 29.8 Å². The minimum Gasteiger partial charge on any atom is -0.483 e. The lowest BCUT2D eigenvalue weighted by molar-refractivity contribution is -0.124. The van der Waals surface area contributed by atoms with Crippen LogP contribution in [0.4, 0.5) is 0 Å². The van der Waals surface area contributed by atoms with Crippen molar-refractivity contribution in [3.8, 4) is 5.75 Å². The fourth-order valence-electron chi connectivity index (χ4n) is 4.55. The summed E-state index contributed by atoms with van der Waals surface area (Å²) in [5, 5.41) is 3.18. The van der Waals surface area contributed by atoms with Crippen molar-refractivity contribution in [1.82, 2.24) is 10.2 Å². The molecule has 1 amide bonds. The first-order valence-electron chi connectivity index (χ1n) is 11.0. The van der Waals surface area contributed by atoms with Gasteiger partial charge in [0.15, 0.2) is 6.61 Å². The number of morpholine rings is 1. The molecule has 1 atom stereocenters. The van der Waals surface area contributed by atoms with Crippen LogP contribution in [0.5, 0.6) is 5.75 Å². The van der Waals surface area contributed by atoms with Gasteiger partial charge in [-0.2, -0.15) is 0 Å². The van der Waals surface area contributed by atoms with E-state index in [-0.39, 0.29) is 18.1 Å². The highest BCUT2D eigenvalue weighted by molar-refractivity contribution is 5.77. The molecule has 1 unspecified atom stereocenters. The van der Waals surface area contributed by atoms with Crippen LogP contribution in [0, 0.1) is 0 Å². The van der Waals surface area contributed by atoms with Gasteiger partial charge in [-0.3, -0.25) is 9.69 Å². The number of nitrogens with one attached hydrogen (secondary N) is 1. The predicted molar refractivity (Wildman–Crippen MR) is 112 cm³/mol. The highest BCUT2D eigenvalue weighted by Gasteiger charge is 2.38. The van der Waals surface area contributed by atoms with E-state index in [9.17, 15) is 4.79 Å². The highest BCUT2D eigenvalue weighted by Crippen LogP contribution is 2.34. The maximum Gasteiger partial charge on any atom is 0.258 e. The van der Waals surface area contributed by atoms with Crippen molar-refractivity contribution in [2.75, 3.05) is 39.5 Å². The van der Waals surface area contributed by atoms with E-state index in [2.05, 4.69) is 30.1 Å². The Bertz CT molecular complexity index is 622. The van der Waals surface area contributed by atoms with Crippen LogP contribution in [-0.4, -0.2) is 55.8 Å². The fraction of sp³-hybridized carbons (Fsp3) is 0.696. The lowest BCUT2D eigenvalue weighted by atomic mass is 9.79. The summed E-state index contributed by atoms with van der Waals surface area (Å²) in [5.74, 6) is 1.22. The molecular weight excluding hydrogens is 352 g/mol. The molecule has 0 radical (unpaired) electrons. The van der Waals surface area contributed by atoms with E-state index in [1.54, 1.807) is 0 Å². The van der Waals surface area contributed by atoms with Gasteiger partial charge in [0, 0.05) is 25.2 Å². The third kappa shape index (κ3) is 5.26. The number of nitrogens with zero attached hydrogens (tertiary/aromatic N) is 1. The quantitative estimate of drug-likeness (QED) is 0.737. The monoisotopic (exact) mass is 388 g/mol. The van der Waals surface area contributed by atoms with Crippen molar-refractivity contribution in [2.45, 2.75) is 63.8 Å². The Morgan fingerprint density at radius 1 is 1.21 bits per heavy atom. The van der Waals surface area contributed by atoms with Crippen LogP contribution in [-0.2, 0) is 9.53 Å². The SMILES string of the molecule is CCC(C)c1ccccc1OCC(=O)NCC1(N2CCOCC2)CCCCC1. The van der Waals surface area contributed by atoms with Gasteiger partial charge in [-0.15, -0.1) is 0 Å². The Morgan fingerprint density at radius 3 is 2.64 bits per heavy atom. The zero-order chi connectivity index (χ0) is 19.8. The standard InChI is InChI=1S/C23H36N2O3/c1-3-19(2)20-9-5-6-10-21(20)28-17-22(26)24-18-23(11-7-4-8-12-23)25-13-15-27-16-14-25/h5-6,9-10,19H,3-4,7-8,11-18H2,1-2H3,(H,24,26). The van der Waals surface area contributed by atoms with Crippen LogP contribution >= 0.6 is 0 Å². The van der Waals surface area contributed by atoms with Gasteiger partial charge in [0.05, 0.1) is 13.2 Å². The highest BCUT2D eigenvalue weighted by atomic mass is 16.5. The summed E-state index contributed by atoms with van der Waals surface area (Å²) >= 11 is 0. The number of carbonyl (C=O) groups is 1. The molecule has 28 heavy (non-hydrogen) atoms. The molecule has 5 heteroatoms. The largest absolute Gasteiger partial charge is 0.483 e. The first-order chi connectivity index (χ1) is 13.6. The number of ether oxygens (including phenoxy) is 2. The molecule has 0 bridgehead atoms. The molecule has 1 saturated carbocycles. The van der Waals surface area contributed by atoms with Gasteiger partial charge in [0.25, 0.3) is 5.91 Å². The second-order valence-corrected chi connectivity index (χ2v) is 8.30. The van der Waals surface area contributed by atoms with E-state index in [4.69, 9.17) is 9.47 Å². The lowest BCUT2D eigenvalue weighted by Crippen LogP contribution is -2.60. The van der Waals surface area contributed by atoms with Gasteiger partial charge in [-0.1, -0.05) is 51.3 Å². The summed E-state index contributed by atoms with van der Waals surface area (Å²) in [5.41, 5.74) is 1.27. The van der Waals surface area contributed by atoms with E-state index in [1.807, 2.05) is 18.2 Å². The number of hydrogen-bond donors (Lipinski definition) is 1. The third-order valence-corrected chi connectivity index (χ3v) is 6.50. The predicted octanol–water partition coefficient (Wildman–Crippen LogP) is 3.73. The topological polar surface area (TPSA) is 50.8 Å². The van der Waals surface area contributed by atoms with Gasteiger partial charge >= 0.3 is 0 Å². The number of carbonyl (C=O) groups excluding carboxylic acids is 1. The van der Waals surface area contributed by atoms with E-state index < -0.39 is 0 Å². The molecule has 2 aliphatic rings. The molecule has 0 spiro atoms. The first kappa shape index (κ1) is 21.1. The maximum absolute atomic E-state index is 12.6. The van der Waals surface area contributed by atoms with Crippen LogP contribution in [0.2, 0.25) is 0 Å². The Balaban J connectivity index is 1.55. The molecule has 1 aliphatic carbocycles. The maximum atomic E-state index is 12.6. The zero-order valence-corrected chi connectivity index (χ0v) is 17.5. The minimum absolute atomic E-state index is 0.0304. The summed E-state index contributed by atoms with van der Waals surface area (Å²) in [4.78, 5) is 15.1. The van der Waals surface area contributed by atoms with Crippen LogP contribution in [0.1, 0.15) is 63.9 Å². The molecular formula is C23H36N2O3. The Hall–Kier alpha value is -1.59. The number of benzene rings is 1. The van der Waals surface area contributed by atoms with Gasteiger partial charge in [0.1, 0.15) is 5.75 Å². The molecule has 2 fully saturated rings. The van der Waals surface area contributed by atoms with Crippen LogP contribution < -0.4 is 10.1 Å². The van der Waals surface area contributed by atoms with Gasteiger partial charge < -0.3 is 14.8 Å². The molecule has 156 valence electrons. The van der Waals surface area contributed by atoms with Crippen molar-refractivity contribution < 1.29 is 14.3 Å². The Kier molecular flexibility index (Phi) is 7.74. The third-order valence-electron chi connectivity index (χ3n) is 6.50. The average Bonchev–Trinajstić information content (AvgIpc) is 2.77. The average molecular weight is 389 g/mol. The van der Waals surface area contributed by atoms with Crippen LogP contribution in [0.3, 0.4) is 0 Å². The molecule has 1 aromatic rings. The Morgan fingerprint density at radius 2 is 1.93 bits per heavy atom. The normalized spacial score (nSPS) is 21.1. The summed E-state index contributed by atoms with van der Waals surface area (Å²) in [6, 6.07) is 8.06. The molecule has 1 N–H and O–H groups in total. The molecule has 1 aromatic carbocycles. The first-order valence-corrected chi connectivity index (χ1v) is 11.0. The van der Waals surface area contributed by atoms with Gasteiger partial charge in [0.2, 0.25) is 0 Å². The van der Waals surface area contributed by atoms with Crippen molar-refractivity contribution in [2.24, 2.45) is 0 Å². The van der Waals surface area contributed by atoms with Gasteiger partial charge in [-0.05, 0) is 36.8 Å². The fourth-order valence-corrected chi connectivity index (χ4v) is 4.55. The second kappa shape index (κ2) is 10.3. The Labute approximate surface area is 169 Å². The van der Waals surface area contributed by atoms with Crippen molar-refractivity contribution >= 4 is 5.91 Å². The molecule has 1 saturated heterocycles. The minimum atomic E-state index is -0.0304. The summed E-state index contributed by atoms with van der Waals surface area (Å²) in [7, 11) is 0. The zero-order valence-electron chi connectivity index (χ0n) is 17.5. The van der Waals surface area contributed by atoms with Crippen LogP contribution in [0.25, 0.3) is 0 Å². The smallest absolute Gasteiger partial charge is 0.258 e. The second-order valence-electron chi connectivity index (χ2n) is 8.30. The molecule has 5 nitrogen and oxygen atoms in total. The van der Waals surface area contributed by atoms with Crippen molar-refractivity contribution in [1.29, 1.82) is 0 Å². The van der Waals surface area contributed by atoms with E-state index in [1.165, 1.54) is 24.8 Å². The number of hydrogen-bond acceptors (Lipinski definition) is 4. The van der Waals surface area contributed by atoms with E-state index in [0.29, 0.717) is 12.5 Å². The summed E-state index contributed by atoms with van der Waals surface area (Å²) < 4.78 is 11.4.